The van der Waals surface area contributed by atoms with Gasteiger partial charge in [0, 0.05) is 18.1 Å². The summed E-state index contributed by atoms with van der Waals surface area (Å²) in [4.78, 5) is 8.52. The van der Waals surface area contributed by atoms with Crippen molar-refractivity contribution in [1.29, 1.82) is 0 Å². The van der Waals surface area contributed by atoms with Gasteiger partial charge in [0.2, 0.25) is 0 Å². The highest BCUT2D eigenvalue weighted by molar-refractivity contribution is 5.20. The molecule has 16 heavy (non-hydrogen) atoms. The molecule has 0 aliphatic heterocycles. The van der Waals surface area contributed by atoms with E-state index in [1.54, 1.807) is 10.9 Å². The number of hydrogen-bond acceptors (Lipinski definition) is 3. The molecular weight excluding hydrogens is 200 g/mol. The molecule has 0 N–H and O–H groups in total. The summed E-state index contributed by atoms with van der Waals surface area (Å²) in [5.41, 5.74) is 2.22. The molecule has 0 fully saturated rings. The second-order valence-corrected chi connectivity index (χ2v) is 4.92. The Bertz CT molecular complexity index is 494. The van der Waals surface area contributed by atoms with Gasteiger partial charge in [-0.15, -0.1) is 0 Å². The van der Waals surface area contributed by atoms with Crippen LogP contribution < -0.4 is 0 Å². The van der Waals surface area contributed by atoms with Crippen molar-refractivity contribution in [2.75, 3.05) is 0 Å². The fourth-order valence-corrected chi connectivity index (χ4v) is 1.37. The monoisotopic (exact) mass is 216 g/mol. The fraction of sp³-hybridized carbons (Fsp3) is 0.417. The van der Waals surface area contributed by atoms with Crippen molar-refractivity contribution in [2.24, 2.45) is 0 Å². The summed E-state index contributed by atoms with van der Waals surface area (Å²) in [6.45, 7) is 8.42. The molecule has 2 rings (SSSR count). The molecule has 0 atom stereocenters. The van der Waals surface area contributed by atoms with Gasteiger partial charge in [0.05, 0.1) is 6.20 Å². The number of nitrogens with zero attached hydrogens (tertiary/aromatic N) is 4. The van der Waals surface area contributed by atoms with Gasteiger partial charge in [0.1, 0.15) is 0 Å². The zero-order valence-corrected chi connectivity index (χ0v) is 10.1. The van der Waals surface area contributed by atoms with Gasteiger partial charge in [0.25, 0.3) is 5.95 Å². The molecule has 4 nitrogen and oxygen atoms in total. The summed E-state index contributed by atoms with van der Waals surface area (Å²) >= 11 is 0. The van der Waals surface area contributed by atoms with Gasteiger partial charge in [-0.25, -0.2) is 14.6 Å². The normalized spacial score (nSPS) is 11.8. The minimum absolute atomic E-state index is 0.0993. The van der Waals surface area contributed by atoms with Gasteiger partial charge >= 0.3 is 0 Å². The van der Waals surface area contributed by atoms with Crippen LogP contribution in [0.1, 0.15) is 32.0 Å². The molecule has 2 aromatic rings. The van der Waals surface area contributed by atoms with Crippen molar-refractivity contribution in [1.82, 2.24) is 19.7 Å². The molecule has 0 unspecified atom stereocenters. The van der Waals surface area contributed by atoms with Crippen LogP contribution in [0.25, 0.3) is 5.95 Å². The highest BCUT2D eigenvalue weighted by atomic mass is 15.3. The quantitative estimate of drug-likeness (QED) is 0.734. The zero-order valence-electron chi connectivity index (χ0n) is 10.1. The van der Waals surface area contributed by atoms with Crippen molar-refractivity contribution < 1.29 is 0 Å². The Morgan fingerprint density at radius 3 is 2.56 bits per heavy atom. The van der Waals surface area contributed by atoms with Crippen LogP contribution in [0.5, 0.6) is 0 Å². The lowest BCUT2D eigenvalue weighted by Gasteiger charge is -2.14. The summed E-state index contributed by atoms with van der Waals surface area (Å²) < 4.78 is 1.72. The van der Waals surface area contributed by atoms with Gasteiger partial charge in [-0.05, 0) is 24.0 Å². The molecule has 0 aliphatic carbocycles. The maximum atomic E-state index is 4.33. The summed E-state index contributed by atoms with van der Waals surface area (Å²) in [6.07, 6.45) is 5.59. The Morgan fingerprint density at radius 1 is 1.25 bits per heavy atom. The Morgan fingerprint density at radius 2 is 2.00 bits per heavy atom. The first kappa shape index (κ1) is 10.8. The lowest BCUT2D eigenvalue weighted by molar-refractivity contribution is 0.590. The molecule has 0 saturated carbocycles. The number of rotatable bonds is 1. The highest BCUT2D eigenvalue weighted by Crippen LogP contribution is 2.21. The Balaban J connectivity index is 2.39. The summed E-state index contributed by atoms with van der Waals surface area (Å²) in [7, 11) is 0. The van der Waals surface area contributed by atoms with Crippen molar-refractivity contribution in [2.45, 2.75) is 33.1 Å². The first-order valence-corrected chi connectivity index (χ1v) is 5.32. The van der Waals surface area contributed by atoms with E-state index >= 15 is 0 Å². The van der Waals surface area contributed by atoms with Gasteiger partial charge in [-0.3, -0.25) is 0 Å². The Labute approximate surface area is 95.4 Å². The largest absolute Gasteiger partial charge is 0.250 e. The van der Waals surface area contributed by atoms with E-state index in [2.05, 4.69) is 35.8 Å². The molecule has 0 spiro atoms. The second-order valence-electron chi connectivity index (χ2n) is 4.92. The van der Waals surface area contributed by atoms with Crippen LogP contribution in [0.4, 0.5) is 0 Å². The lowest BCUT2D eigenvalue weighted by atomic mass is 9.90. The van der Waals surface area contributed by atoms with Crippen LogP contribution in [-0.4, -0.2) is 19.7 Å². The van der Waals surface area contributed by atoms with Crippen LogP contribution in [0.15, 0.2) is 24.7 Å². The van der Waals surface area contributed by atoms with E-state index in [0.717, 1.165) is 5.69 Å². The van der Waals surface area contributed by atoms with Crippen molar-refractivity contribution in [3.63, 3.8) is 0 Å². The van der Waals surface area contributed by atoms with Crippen molar-refractivity contribution in [3.05, 3.63) is 35.9 Å². The lowest BCUT2D eigenvalue weighted by Crippen LogP contribution is -2.09. The van der Waals surface area contributed by atoms with Gasteiger partial charge in [-0.1, -0.05) is 20.8 Å². The average Bonchev–Trinajstić information content (AvgIpc) is 2.65. The average molecular weight is 216 g/mol. The predicted octanol–water partition coefficient (Wildman–Crippen LogP) is 2.27. The molecule has 0 bridgehead atoms. The Kier molecular flexibility index (Phi) is 2.50. The standard InChI is InChI=1S/C12H16N4/c1-9-5-6-13-11(15-9)16-8-10(7-14-16)12(2,3)4/h5-8H,1-4H3. The van der Waals surface area contributed by atoms with Crippen molar-refractivity contribution in [3.8, 4) is 5.95 Å². The fourth-order valence-electron chi connectivity index (χ4n) is 1.37. The minimum Gasteiger partial charge on any atom is -0.220 e. The van der Waals surface area contributed by atoms with E-state index in [0.29, 0.717) is 5.95 Å². The van der Waals surface area contributed by atoms with Crippen LogP contribution in [-0.2, 0) is 5.41 Å². The molecule has 0 amide bonds. The third kappa shape index (κ3) is 2.10. The summed E-state index contributed by atoms with van der Waals surface area (Å²) in [5.74, 6) is 0.621. The van der Waals surface area contributed by atoms with E-state index in [4.69, 9.17) is 0 Å². The SMILES string of the molecule is Cc1ccnc(-n2cc(C(C)(C)C)cn2)n1. The topological polar surface area (TPSA) is 43.6 Å². The number of hydrogen-bond donors (Lipinski definition) is 0. The number of aryl methyl sites for hydroxylation is 1. The second kappa shape index (κ2) is 3.70. The third-order valence-corrected chi connectivity index (χ3v) is 2.44. The molecule has 2 aromatic heterocycles. The predicted molar refractivity (Wildman–Crippen MR) is 62.6 cm³/mol. The molecule has 0 radical (unpaired) electrons. The summed E-state index contributed by atoms with van der Waals surface area (Å²) in [6, 6.07) is 1.87. The summed E-state index contributed by atoms with van der Waals surface area (Å²) in [5, 5.41) is 4.29. The van der Waals surface area contributed by atoms with E-state index in [-0.39, 0.29) is 5.41 Å². The molecule has 0 aliphatic rings. The van der Waals surface area contributed by atoms with Gasteiger partial charge in [-0.2, -0.15) is 5.10 Å². The molecule has 0 aromatic carbocycles. The first-order valence-electron chi connectivity index (χ1n) is 5.32. The zero-order chi connectivity index (χ0) is 11.8. The minimum atomic E-state index is 0.0993. The van der Waals surface area contributed by atoms with E-state index in [1.807, 2.05) is 25.4 Å². The van der Waals surface area contributed by atoms with Gasteiger partial charge < -0.3 is 0 Å². The van der Waals surface area contributed by atoms with Crippen LogP contribution in [0, 0.1) is 6.92 Å². The molecular formula is C12H16N4. The third-order valence-electron chi connectivity index (χ3n) is 2.44. The van der Waals surface area contributed by atoms with Crippen LogP contribution in [0.2, 0.25) is 0 Å². The van der Waals surface area contributed by atoms with Crippen LogP contribution in [0.3, 0.4) is 0 Å². The molecule has 0 saturated heterocycles. The maximum absolute atomic E-state index is 4.33. The molecule has 84 valence electrons. The Hall–Kier alpha value is -1.71. The molecule has 4 heteroatoms. The number of aromatic nitrogens is 4. The van der Waals surface area contributed by atoms with Gasteiger partial charge in [0.15, 0.2) is 0 Å². The maximum Gasteiger partial charge on any atom is 0.250 e. The smallest absolute Gasteiger partial charge is 0.220 e. The van der Waals surface area contributed by atoms with E-state index in [1.165, 1.54) is 5.56 Å². The van der Waals surface area contributed by atoms with Crippen LogP contribution >= 0.6 is 0 Å². The van der Waals surface area contributed by atoms with E-state index < -0.39 is 0 Å². The molecule has 2 heterocycles. The highest BCUT2D eigenvalue weighted by Gasteiger charge is 2.16. The van der Waals surface area contributed by atoms with E-state index in [9.17, 15) is 0 Å². The first-order chi connectivity index (χ1) is 7.47. The van der Waals surface area contributed by atoms with Crippen molar-refractivity contribution >= 4 is 0 Å².